The van der Waals surface area contributed by atoms with Crippen LogP contribution in [-0.4, -0.2) is 13.4 Å². The Balaban J connectivity index is 1.70. The second kappa shape index (κ2) is 8.13. The van der Waals surface area contributed by atoms with Crippen LogP contribution in [0, 0.1) is 13.8 Å². The van der Waals surface area contributed by atoms with Crippen molar-refractivity contribution >= 4 is 33.2 Å². The summed E-state index contributed by atoms with van der Waals surface area (Å²) in [6.45, 7) is 3.95. The lowest BCUT2D eigenvalue weighted by atomic mass is 10.1. The molecule has 30 heavy (non-hydrogen) atoms. The Bertz CT molecular complexity index is 1320. The number of para-hydroxylation sites is 1. The molecule has 0 fully saturated rings. The molecule has 0 aliphatic heterocycles. The Morgan fingerprint density at radius 3 is 2.17 bits per heavy atom. The van der Waals surface area contributed by atoms with Crippen LogP contribution < -0.4 is 4.18 Å². The summed E-state index contributed by atoms with van der Waals surface area (Å²) in [7, 11) is -3.95. The molecular weight excluding hydrogens is 394 g/mol. The van der Waals surface area contributed by atoms with E-state index in [2.05, 4.69) is 36.2 Å². The van der Waals surface area contributed by atoms with Crippen molar-refractivity contribution in [1.82, 2.24) is 4.98 Å². The van der Waals surface area contributed by atoms with E-state index < -0.39 is 10.1 Å². The monoisotopic (exact) mass is 415 g/mol. The lowest BCUT2D eigenvalue weighted by Gasteiger charge is -2.10. The van der Waals surface area contributed by atoms with E-state index >= 15 is 0 Å². The molecule has 0 bridgehead atoms. The molecule has 0 saturated carbocycles. The van der Waals surface area contributed by atoms with Crippen molar-refractivity contribution in [2.45, 2.75) is 18.7 Å². The Hall–Kier alpha value is -3.44. The van der Waals surface area contributed by atoms with Crippen molar-refractivity contribution in [2.75, 3.05) is 0 Å². The normalized spacial score (nSPS) is 11.8. The van der Waals surface area contributed by atoms with E-state index in [0.29, 0.717) is 5.52 Å². The number of pyridine rings is 1. The van der Waals surface area contributed by atoms with Crippen LogP contribution in [0.1, 0.15) is 22.3 Å². The van der Waals surface area contributed by atoms with Crippen LogP contribution in [0.5, 0.6) is 5.75 Å². The van der Waals surface area contributed by atoms with Gasteiger partial charge in [0.2, 0.25) is 0 Å². The fourth-order valence-corrected chi connectivity index (χ4v) is 4.05. The average molecular weight is 416 g/mol. The molecule has 5 heteroatoms. The van der Waals surface area contributed by atoms with Gasteiger partial charge in [0.1, 0.15) is 10.4 Å². The van der Waals surface area contributed by atoms with E-state index in [4.69, 9.17) is 4.18 Å². The molecule has 0 atom stereocenters. The molecule has 0 aliphatic rings. The van der Waals surface area contributed by atoms with Crippen molar-refractivity contribution < 1.29 is 12.6 Å². The highest BCUT2D eigenvalue weighted by Gasteiger charge is 2.18. The quantitative estimate of drug-likeness (QED) is 0.387. The smallest absolute Gasteiger partial charge is 0.339 e. The summed E-state index contributed by atoms with van der Waals surface area (Å²) >= 11 is 0. The zero-order valence-corrected chi connectivity index (χ0v) is 17.6. The summed E-state index contributed by atoms with van der Waals surface area (Å²) in [6.07, 6.45) is 5.67. The van der Waals surface area contributed by atoms with Gasteiger partial charge in [0.05, 0.1) is 0 Å². The summed E-state index contributed by atoms with van der Waals surface area (Å²) < 4.78 is 30.9. The zero-order chi connectivity index (χ0) is 21.1. The second-order valence-corrected chi connectivity index (χ2v) is 8.69. The summed E-state index contributed by atoms with van der Waals surface area (Å²) in [6, 6.07) is 22.0. The maximum absolute atomic E-state index is 12.7. The van der Waals surface area contributed by atoms with E-state index in [0.717, 1.165) is 22.1 Å². The molecule has 0 unspecified atom stereocenters. The van der Waals surface area contributed by atoms with Gasteiger partial charge in [0.15, 0.2) is 5.75 Å². The molecule has 1 aromatic heterocycles. The summed E-state index contributed by atoms with van der Waals surface area (Å²) in [5.41, 5.74) is 4.70. The minimum Gasteiger partial charge on any atom is -0.377 e. The first-order valence-electron chi connectivity index (χ1n) is 9.56. The summed E-state index contributed by atoms with van der Waals surface area (Å²) in [5.74, 6) is 0.207. The van der Waals surface area contributed by atoms with Gasteiger partial charge in [-0.1, -0.05) is 71.8 Å². The molecule has 0 aliphatic carbocycles. The van der Waals surface area contributed by atoms with Crippen molar-refractivity contribution in [1.29, 1.82) is 0 Å². The molecule has 0 saturated heterocycles. The highest BCUT2D eigenvalue weighted by molar-refractivity contribution is 7.87. The first-order valence-corrected chi connectivity index (χ1v) is 11.0. The van der Waals surface area contributed by atoms with Gasteiger partial charge >= 0.3 is 10.1 Å². The lowest BCUT2D eigenvalue weighted by molar-refractivity contribution is 0.488. The van der Waals surface area contributed by atoms with E-state index in [9.17, 15) is 8.42 Å². The molecule has 0 amide bonds. The molecular formula is C25H21NO3S. The fraction of sp³-hybridized carbons (Fsp3) is 0.0800. The lowest BCUT2D eigenvalue weighted by Crippen LogP contribution is -2.10. The Labute approximate surface area is 176 Å². The number of rotatable bonds is 5. The van der Waals surface area contributed by atoms with Crippen molar-refractivity contribution in [3.05, 3.63) is 101 Å². The van der Waals surface area contributed by atoms with Crippen LogP contribution in [0.4, 0.5) is 0 Å². The van der Waals surface area contributed by atoms with Gasteiger partial charge in [-0.05, 0) is 49.2 Å². The average Bonchev–Trinajstić information content (AvgIpc) is 2.74. The van der Waals surface area contributed by atoms with Crippen LogP contribution in [0.15, 0.2) is 83.9 Å². The molecule has 4 rings (SSSR count). The van der Waals surface area contributed by atoms with Crippen LogP contribution in [0.2, 0.25) is 0 Å². The van der Waals surface area contributed by atoms with Crippen LogP contribution in [0.25, 0.3) is 23.1 Å². The third-order valence-corrected chi connectivity index (χ3v) is 6.06. The number of aryl methyl sites for hydroxylation is 2. The summed E-state index contributed by atoms with van der Waals surface area (Å²) in [5, 5.41) is 0.817. The van der Waals surface area contributed by atoms with Gasteiger partial charge in [-0.25, -0.2) is 0 Å². The Morgan fingerprint density at radius 1 is 0.800 bits per heavy atom. The molecule has 4 aromatic rings. The zero-order valence-electron chi connectivity index (χ0n) is 16.7. The standard InChI is InChI=1S/C25H21NO3S/c1-18-6-10-20(11-7-18)12-13-21-16-17-26-25-23(21)4-3-5-24(25)29-30(27,28)22-14-8-19(2)9-15-22/h3-17H,1-2H3/b13-12+. The first kappa shape index (κ1) is 19.9. The molecule has 1 heterocycles. The topological polar surface area (TPSA) is 56.3 Å². The van der Waals surface area contributed by atoms with E-state index in [1.807, 2.05) is 31.2 Å². The van der Waals surface area contributed by atoms with Crippen molar-refractivity contribution in [3.63, 3.8) is 0 Å². The molecule has 0 spiro atoms. The molecule has 0 radical (unpaired) electrons. The molecule has 0 N–H and O–H groups in total. The van der Waals surface area contributed by atoms with Crippen LogP contribution >= 0.6 is 0 Å². The number of benzene rings is 3. The second-order valence-electron chi connectivity index (χ2n) is 7.15. The third kappa shape index (κ3) is 4.26. The minimum absolute atomic E-state index is 0.112. The number of nitrogens with zero attached hydrogens (tertiary/aromatic N) is 1. The Morgan fingerprint density at radius 2 is 1.47 bits per heavy atom. The SMILES string of the molecule is Cc1ccc(/C=C/c2ccnc3c(OS(=O)(=O)c4ccc(C)cc4)cccc23)cc1. The van der Waals surface area contributed by atoms with Gasteiger partial charge in [-0.3, -0.25) is 4.98 Å². The minimum atomic E-state index is -3.95. The van der Waals surface area contributed by atoms with E-state index in [1.165, 1.54) is 5.56 Å². The van der Waals surface area contributed by atoms with E-state index in [1.54, 1.807) is 42.6 Å². The number of aromatic nitrogens is 1. The maximum atomic E-state index is 12.7. The number of fused-ring (bicyclic) bond motifs is 1. The summed E-state index contributed by atoms with van der Waals surface area (Å²) in [4.78, 5) is 4.49. The number of hydrogen-bond acceptors (Lipinski definition) is 4. The van der Waals surface area contributed by atoms with Gasteiger partial charge in [0, 0.05) is 11.6 Å². The Kier molecular flexibility index (Phi) is 5.38. The first-order chi connectivity index (χ1) is 14.4. The largest absolute Gasteiger partial charge is 0.377 e. The van der Waals surface area contributed by atoms with Crippen LogP contribution in [-0.2, 0) is 10.1 Å². The molecule has 3 aromatic carbocycles. The van der Waals surface area contributed by atoms with Crippen LogP contribution in [0.3, 0.4) is 0 Å². The molecule has 150 valence electrons. The highest BCUT2D eigenvalue weighted by Crippen LogP contribution is 2.29. The highest BCUT2D eigenvalue weighted by atomic mass is 32.2. The van der Waals surface area contributed by atoms with E-state index in [-0.39, 0.29) is 10.6 Å². The predicted molar refractivity (Wildman–Crippen MR) is 121 cm³/mol. The number of hydrogen-bond donors (Lipinski definition) is 0. The third-order valence-electron chi connectivity index (χ3n) is 4.81. The maximum Gasteiger partial charge on any atom is 0.339 e. The van der Waals surface area contributed by atoms with Crippen molar-refractivity contribution in [2.24, 2.45) is 0 Å². The van der Waals surface area contributed by atoms with Crippen molar-refractivity contribution in [3.8, 4) is 5.75 Å². The fourth-order valence-electron chi connectivity index (χ4n) is 3.12. The van der Waals surface area contributed by atoms with Gasteiger partial charge in [-0.2, -0.15) is 8.42 Å². The predicted octanol–water partition coefficient (Wildman–Crippen LogP) is 5.79. The van der Waals surface area contributed by atoms with Gasteiger partial charge in [-0.15, -0.1) is 0 Å². The van der Waals surface area contributed by atoms with Gasteiger partial charge in [0.25, 0.3) is 0 Å². The molecule has 4 nitrogen and oxygen atoms in total. The van der Waals surface area contributed by atoms with Gasteiger partial charge < -0.3 is 4.18 Å².